The molecule has 0 aromatic heterocycles. The summed E-state index contributed by atoms with van der Waals surface area (Å²) in [5.74, 6) is -3.85. The summed E-state index contributed by atoms with van der Waals surface area (Å²) in [4.78, 5) is 79.4. The third-order valence-electron chi connectivity index (χ3n) is 8.67. The molecule has 0 aliphatic carbocycles. The molecule has 3 aliphatic rings. The lowest BCUT2D eigenvalue weighted by atomic mass is 10.0. The summed E-state index contributed by atoms with van der Waals surface area (Å²) in [7, 11) is 0. The van der Waals surface area contributed by atoms with Gasteiger partial charge in [0.2, 0.25) is 0 Å². The molecule has 3 aliphatic heterocycles. The summed E-state index contributed by atoms with van der Waals surface area (Å²) in [6.07, 6.45) is 0. The summed E-state index contributed by atoms with van der Waals surface area (Å²) in [6, 6.07) is 6.56. The largest absolute Gasteiger partial charge is 0.347 e. The molecule has 282 valence electrons. The SMILES string of the molecule is O=C1NCCNCCN(Cc2cc(CN3CCNCCNC(=O)C(=O)NCC3)cc(CN3CCNCCNC(=O)C(=O)NCC3)c2)CCNC1=O. The van der Waals surface area contributed by atoms with Gasteiger partial charge in [-0.05, 0) is 16.7 Å². The van der Waals surface area contributed by atoms with Crippen molar-refractivity contribution in [2.24, 2.45) is 0 Å². The average molecular weight is 715 g/mol. The first-order valence-electron chi connectivity index (χ1n) is 17.9. The molecule has 18 nitrogen and oxygen atoms in total. The minimum atomic E-state index is -0.644. The molecule has 9 N–H and O–H groups in total. The number of carbonyl (C=O) groups is 6. The molecular weight excluding hydrogens is 660 g/mol. The van der Waals surface area contributed by atoms with Crippen LogP contribution in [0.4, 0.5) is 0 Å². The minimum Gasteiger partial charge on any atom is -0.347 e. The first-order chi connectivity index (χ1) is 24.8. The predicted octanol–water partition coefficient (Wildman–Crippen LogP) is -5.40. The Balaban J connectivity index is 1.53. The van der Waals surface area contributed by atoms with Gasteiger partial charge in [0.05, 0.1) is 0 Å². The van der Waals surface area contributed by atoms with Crippen LogP contribution in [0.2, 0.25) is 0 Å². The summed E-state index contributed by atoms with van der Waals surface area (Å²) in [6.45, 7) is 11.6. The molecule has 3 heterocycles. The highest BCUT2D eigenvalue weighted by atomic mass is 16.2. The second-order valence-electron chi connectivity index (χ2n) is 12.8. The topological polar surface area (TPSA) is 220 Å². The molecule has 51 heavy (non-hydrogen) atoms. The second-order valence-corrected chi connectivity index (χ2v) is 12.8. The van der Waals surface area contributed by atoms with Crippen LogP contribution in [0.1, 0.15) is 16.7 Å². The van der Waals surface area contributed by atoms with Crippen LogP contribution in [-0.2, 0) is 48.4 Å². The standard InChI is InChI=1S/C33H54N12O6/c46-28-31(49)40-10-16-43(13-7-34-1-4-37-28)22-25-19-26(23-44-14-8-35-2-5-38-29(47)32(50)41-11-17-44)21-27(20-25)24-45-15-9-36-3-6-39-30(48)33(51)42-12-18-45/h19-21,34-36H,1-18,22-24H2,(H,37,46)(H,38,47)(H,39,48)(H,40,49)(H,41,50)(H,42,51). The molecule has 1 aromatic carbocycles. The molecule has 0 spiro atoms. The highest BCUT2D eigenvalue weighted by Gasteiger charge is 2.19. The zero-order valence-electron chi connectivity index (χ0n) is 29.4. The fraction of sp³-hybridized carbons (Fsp3) is 0.636. The van der Waals surface area contributed by atoms with E-state index in [0.717, 1.165) is 36.3 Å². The fourth-order valence-corrected chi connectivity index (χ4v) is 6.04. The van der Waals surface area contributed by atoms with Gasteiger partial charge in [-0.1, -0.05) is 18.2 Å². The van der Waals surface area contributed by atoms with Gasteiger partial charge >= 0.3 is 35.4 Å². The molecule has 0 atom stereocenters. The van der Waals surface area contributed by atoms with Gasteiger partial charge in [0.1, 0.15) is 0 Å². The van der Waals surface area contributed by atoms with Crippen LogP contribution in [0.15, 0.2) is 18.2 Å². The van der Waals surface area contributed by atoms with Crippen molar-refractivity contribution in [3.05, 3.63) is 34.9 Å². The van der Waals surface area contributed by atoms with Crippen molar-refractivity contribution in [3.8, 4) is 0 Å². The highest BCUT2D eigenvalue weighted by molar-refractivity contribution is 6.35. The Labute approximate surface area is 298 Å². The maximum atomic E-state index is 12.2. The Morgan fingerprint density at radius 1 is 0.333 bits per heavy atom. The molecule has 1 aromatic rings. The van der Waals surface area contributed by atoms with Gasteiger partial charge in [0.15, 0.2) is 0 Å². The molecule has 0 radical (unpaired) electrons. The van der Waals surface area contributed by atoms with E-state index in [1.54, 1.807) is 0 Å². The molecular formula is C33H54N12O6. The zero-order chi connectivity index (χ0) is 36.3. The number of amides is 6. The maximum Gasteiger partial charge on any atom is 0.309 e. The van der Waals surface area contributed by atoms with Gasteiger partial charge in [0.25, 0.3) is 0 Å². The van der Waals surface area contributed by atoms with E-state index in [1.165, 1.54) is 0 Å². The number of benzene rings is 1. The maximum absolute atomic E-state index is 12.2. The predicted molar refractivity (Wildman–Crippen MR) is 189 cm³/mol. The van der Waals surface area contributed by atoms with Gasteiger partial charge < -0.3 is 47.9 Å². The zero-order valence-corrected chi connectivity index (χ0v) is 29.4. The monoisotopic (exact) mass is 714 g/mol. The Morgan fingerprint density at radius 3 is 0.843 bits per heavy atom. The van der Waals surface area contributed by atoms with Crippen LogP contribution in [0.5, 0.6) is 0 Å². The van der Waals surface area contributed by atoms with Crippen molar-refractivity contribution in [1.82, 2.24) is 62.6 Å². The summed E-state index contributed by atoms with van der Waals surface area (Å²) in [5, 5.41) is 26.0. The van der Waals surface area contributed by atoms with E-state index < -0.39 is 35.4 Å². The lowest BCUT2D eigenvalue weighted by Gasteiger charge is -2.27. The Kier molecular flexibility index (Phi) is 17.0. The van der Waals surface area contributed by atoms with Crippen LogP contribution in [-0.4, -0.2) is 168 Å². The molecule has 0 bridgehead atoms. The van der Waals surface area contributed by atoms with E-state index in [1.807, 2.05) is 0 Å². The molecule has 0 unspecified atom stereocenters. The van der Waals surface area contributed by atoms with Crippen molar-refractivity contribution in [3.63, 3.8) is 0 Å². The van der Waals surface area contributed by atoms with Crippen molar-refractivity contribution in [1.29, 1.82) is 0 Å². The van der Waals surface area contributed by atoms with Crippen molar-refractivity contribution >= 4 is 35.4 Å². The lowest BCUT2D eigenvalue weighted by molar-refractivity contribution is -0.139. The molecule has 3 fully saturated rings. The Bertz CT molecular complexity index is 1180. The van der Waals surface area contributed by atoms with Gasteiger partial charge in [-0.15, -0.1) is 0 Å². The van der Waals surface area contributed by atoms with E-state index in [0.29, 0.717) is 118 Å². The molecule has 0 saturated carbocycles. The van der Waals surface area contributed by atoms with Gasteiger partial charge in [-0.3, -0.25) is 43.5 Å². The smallest absolute Gasteiger partial charge is 0.309 e. The van der Waals surface area contributed by atoms with Gasteiger partial charge in [0, 0.05) is 137 Å². The number of nitrogens with one attached hydrogen (secondary N) is 9. The fourth-order valence-electron chi connectivity index (χ4n) is 6.04. The van der Waals surface area contributed by atoms with Crippen LogP contribution in [0.25, 0.3) is 0 Å². The van der Waals surface area contributed by atoms with E-state index in [4.69, 9.17) is 0 Å². The van der Waals surface area contributed by atoms with E-state index >= 15 is 0 Å². The number of nitrogens with zero attached hydrogens (tertiary/aromatic N) is 3. The van der Waals surface area contributed by atoms with E-state index in [-0.39, 0.29) is 0 Å². The normalized spacial score (nSPS) is 21.6. The third kappa shape index (κ3) is 14.9. The third-order valence-corrected chi connectivity index (χ3v) is 8.67. The first-order valence-corrected chi connectivity index (χ1v) is 17.9. The van der Waals surface area contributed by atoms with Gasteiger partial charge in [-0.25, -0.2) is 0 Å². The second kappa shape index (κ2) is 21.9. The number of carbonyl (C=O) groups excluding carboxylic acids is 6. The van der Waals surface area contributed by atoms with E-state index in [9.17, 15) is 28.8 Å². The summed E-state index contributed by atoms with van der Waals surface area (Å²) < 4.78 is 0. The van der Waals surface area contributed by atoms with Crippen LogP contribution in [0.3, 0.4) is 0 Å². The van der Waals surface area contributed by atoms with Crippen LogP contribution >= 0.6 is 0 Å². The lowest BCUT2D eigenvalue weighted by Crippen LogP contribution is -2.47. The first kappa shape index (κ1) is 39.6. The molecule has 4 rings (SSSR count). The summed E-state index contributed by atoms with van der Waals surface area (Å²) >= 11 is 0. The van der Waals surface area contributed by atoms with Crippen molar-refractivity contribution in [2.45, 2.75) is 19.6 Å². The number of hydrogen-bond donors (Lipinski definition) is 9. The minimum absolute atomic E-state index is 0.327. The molecule has 6 amide bonds. The number of rotatable bonds is 6. The van der Waals surface area contributed by atoms with Crippen molar-refractivity contribution < 1.29 is 28.8 Å². The molecule has 3 saturated heterocycles. The van der Waals surface area contributed by atoms with Crippen LogP contribution in [0, 0.1) is 0 Å². The highest BCUT2D eigenvalue weighted by Crippen LogP contribution is 2.17. The van der Waals surface area contributed by atoms with Crippen molar-refractivity contribution in [2.75, 3.05) is 118 Å². The average Bonchev–Trinajstić information content (AvgIpc) is 3.10. The molecule has 18 heteroatoms. The van der Waals surface area contributed by atoms with Crippen LogP contribution < -0.4 is 47.9 Å². The Morgan fingerprint density at radius 2 is 0.569 bits per heavy atom. The Hall–Kier alpha value is -4.20. The van der Waals surface area contributed by atoms with Gasteiger partial charge in [-0.2, -0.15) is 0 Å². The summed E-state index contributed by atoms with van der Waals surface area (Å²) in [5.41, 5.74) is 3.27. The number of hydrogen-bond acceptors (Lipinski definition) is 12. The van der Waals surface area contributed by atoms with E-state index in [2.05, 4.69) is 80.7 Å². The quantitative estimate of drug-likeness (QED) is 0.126.